The van der Waals surface area contributed by atoms with Gasteiger partial charge in [-0.25, -0.2) is 0 Å². The van der Waals surface area contributed by atoms with E-state index in [4.69, 9.17) is 0 Å². The third kappa shape index (κ3) is 3.30. The number of likely N-dealkylation sites (tertiary alicyclic amines) is 1. The minimum atomic E-state index is 0.116. The first kappa shape index (κ1) is 16.7. The summed E-state index contributed by atoms with van der Waals surface area (Å²) < 4.78 is 0. The van der Waals surface area contributed by atoms with E-state index >= 15 is 0 Å². The Morgan fingerprint density at radius 1 is 1.04 bits per heavy atom. The number of rotatable bonds is 4. The minimum Gasteiger partial charge on any atom is -0.338 e. The number of nitrogens with one attached hydrogen (secondary N) is 1. The van der Waals surface area contributed by atoms with Crippen LogP contribution in [0.4, 0.5) is 0 Å². The molecule has 0 unspecified atom stereocenters. The molecule has 0 spiro atoms. The largest absolute Gasteiger partial charge is 0.338 e. The molecule has 2 aliphatic rings. The Hall–Kier alpha value is -2.46. The Bertz CT molecular complexity index is 987. The number of aromatic nitrogens is 1. The van der Waals surface area contributed by atoms with Crippen molar-refractivity contribution < 1.29 is 4.79 Å². The van der Waals surface area contributed by atoms with Crippen LogP contribution in [-0.2, 0) is 0 Å². The van der Waals surface area contributed by atoms with Crippen LogP contribution in [0.2, 0.25) is 0 Å². The summed E-state index contributed by atoms with van der Waals surface area (Å²) in [5.41, 5.74) is 1.55. The molecule has 3 aromatic rings. The molecule has 2 heterocycles. The number of hydrogen-bond acceptors (Lipinski definition) is 3. The van der Waals surface area contributed by atoms with Crippen LogP contribution in [0.1, 0.15) is 36.0 Å². The van der Waals surface area contributed by atoms with Crippen molar-refractivity contribution in [1.29, 1.82) is 0 Å². The molecule has 0 bridgehead atoms. The van der Waals surface area contributed by atoms with E-state index < -0.39 is 0 Å². The smallest absolute Gasteiger partial charge is 0.256 e. The van der Waals surface area contributed by atoms with E-state index in [1.54, 1.807) is 6.20 Å². The molecule has 1 aromatic heterocycles. The van der Waals surface area contributed by atoms with Crippen molar-refractivity contribution in [2.75, 3.05) is 19.6 Å². The van der Waals surface area contributed by atoms with Crippen molar-refractivity contribution in [3.63, 3.8) is 0 Å². The van der Waals surface area contributed by atoms with Crippen LogP contribution in [0.25, 0.3) is 21.7 Å². The number of pyridine rings is 1. The first-order valence-corrected chi connectivity index (χ1v) is 10.1. The second-order valence-corrected chi connectivity index (χ2v) is 7.96. The van der Waals surface area contributed by atoms with Crippen LogP contribution in [0.3, 0.4) is 0 Å². The standard InChI is InChI=1S/C23H25N3O/c27-23(26-12-9-18(10-13-26)25-15-16-7-8-16)21-14-17-4-1-2-5-19(17)20-6-3-11-24-22(20)21/h1-6,11,14,16,18,25H,7-10,12-13,15H2. The normalized spacial score (nSPS) is 18.3. The summed E-state index contributed by atoms with van der Waals surface area (Å²) in [5, 5.41) is 6.99. The Morgan fingerprint density at radius 3 is 2.63 bits per heavy atom. The lowest BCUT2D eigenvalue weighted by Crippen LogP contribution is -2.45. The molecule has 0 atom stereocenters. The van der Waals surface area contributed by atoms with E-state index in [-0.39, 0.29) is 5.91 Å². The van der Waals surface area contributed by atoms with Crippen LogP contribution in [0.5, 0.6) is 0 Å². The maximum atomic E-state index is 13.3. The second-order valence-electron chi connectivity index (χ2n) is 7.96. The number of hydrogen-bond donors (Lipinski definition) is 1. The maximum absolute atomic E-state index is 13.3. The maximum Gasteiger partial charge on any atom is 0.256 e. The fourth-order valence-electron chi connectivity index (χ4n) is 4.20. The summed E-state index contributed by atoms with van der Waals surface area (Å²) >= 11 is 0. The van der Waals surface area contributed by atoms with E-state index in [0.717, 1.165) is 65.6 Å². The van der Waals surface area contributed by atoms with Gasteiger partial charge in [-0.15, -0.1) is 0 Å². The monoisotopic (exact) mass is 359 g/mol. The lowest BCUT2D eigenvalue weighted by atomic mass is 9.98. The van der Waals surface area contributed by atoms with E-state index in [9.17, 15) is 4.79 Å². The molecule has 1 saturated carbocycles. The molecule has 138 valence electrons. The number of piperidine rings is 1. The van der Waals surface area contributed by atoms with Crippen LogP contribution in [-0.4, -0.2) is 41.5 Å². The number of carbonyl (C=O) groups is 1. The van der Waals surface area contributed by atoms with Crippen LogP contribution >= 0.6 is 0 Å². The van der Waals surface area contributed by atoms with Gasteiger partial charge in [-0.2, -0.15) is 0 Å². The first-order valence-electron chi connectivity index (χ1n) is 10.1. The zero-order valence-corrected chi connectivity index (χ0v) is 15.5. The molecular formula is C23H25N3O. The Labute approximate surface area is 159 Å². The van der Waals surface area contributed by atoms with Gasteiger partial charge in [0, 0.05) is 30.7 Å². The van der Waals surface area contributed by atoms with Gasteiger partial charge in [0.05, 0.1) is 11.1 Å². The lowest BCUT2D eigenvalue weighted by Gasteiger charge is -2.33. The molecule has 5 rings (SSSR count). The van der Waals surface area contributed by atoms with Crippen molar-refractivity contribution >= 4 is 27.6 Å². The third-order valence-electron chi connectivity index (χ3n) is 6.02. The van der Waals surface area contributed by atoms with Crippen LogP contribution in [0, 0.1) is 5.92 Å². The van der Waals surface area contributed by atoms with Crippen molar-refractivity contribution in [3.8, 4) is 0 Å². The fraction of sp³-hybridized carbons (Fsp3) is 0.391. The van der Waals surface area contributed by atoms with Gasteiger partial charge in [0.1, 0.15) is 0 Å². The molecule has 1 N–H and O–H groups in total. The zero-order chi connectivity index (χ0) is 18.2. The SMILES string of the molecule is O=C(c1cc2ccccc2c2cccnc12)N1CCC(NCC2CC2)CC1. The predicted molar refractivity (Wildman–Crippen MR) is 109 cm³/mol. The van der Waals surface area contributed by atoms with E-state index in [0.29, 0.717) is 6.04 Å². The topological polar surface area (TPSA) is 45.2 Å². The Morgan fingerprint density at radius 2 is 1.81 bits per heavy atom. The molecule has 1 aliphatic carbocycles. The highest BCUT2D eigenvalue weighted by atomic mass is 16.2. The van der Waals surface area contributed by atoms with Gasteiger partial charge < -0.3 is 10.2 Å². The van der Waals surface area contributed by atoms with E-state index in [2.05, 4.69) is 28.5 Å². The summed E-state index contributed by atoms with van der Waals surface area (Å²) in [5.74, 6) is 1.02. The summed E-state index contributed by atoms with van der Waals surface area (Å²) in [7, 11) is 0. The molecule has 27 heavy (non-hydrogen) atoms. The van der Waals surface area contributed by atoms with Gasteiger partial charge in [0.2, 0.25) is 0 Å². The van der Waals surface area contributed by atoms with Gasteiger partial charge >= 0.3 is 0 Å². The molecule has 0 radical (unpaired) electrons. The fourth-order valence-corrected chi connectivity index (χ4v) is 4.20. The molecule has 2 fully saturated rings. The highest BCUT2D eigenvalue weighted by molar-refractivity contribution is 6.15. The molecule has 1 saturated heterocycles. The lowest BCUT2D eigenvalue weighted by molar-refractivity contribution is 0.0707. The number of benzene rings is 2. The summed E-state index contributed by atoms with van der Waals surface area (Å²) in [6, 6.07) is 14.8. The second kappa shape index (κ2) is 6.93. The van der Waals surface area contributed by atoms with Crippen LogP contribution < -0.4 is 5.32 Å². The van der Waals surface area contributed by atoms with Crippen molar-refractivity contribution in [1.82, 2.24) is 15.2 Å². The number of carbonyl (C=O) groups excluding carboxylic acids is 1. The molecule has 1 aliphatic heterocycles. The van der Waals surface area contributed by atoms with Crippen LogP contribution in [0.15, 0.2) is 48.7 Å². The van der Waals surface area contributed by atoms with Gasteiger partial charge in [-0.1, -0.05) is 30.3 Å². The molecule has 1 amide bonds. The molecular weight excluding hydrogens is 334 g/mol. The van der Waals surface area contributed by atoms with Crippen molar-refractivity contribution in [2.45, 2.75) is 31.7 Å². The van der Waals surface area contributed by atoms with Gasteiger partial charge in [-0.3, -0.25) is 9.78 Å². The van der Waals surface area contributed by atoms with Gasteiger partial charge in [0.25, 0.3) is 5.91 Å². The number of amides is 1. The Balaban J connectivity index is 1.40. The molecule has 2 aromatic carbocycles. The highest BCUT2D eigenvalue weighted by Crippen LogP contribution is 2.30. The third-order valence-corrected chi connectivity index (χ3v) is 6.02. The van der Waals surface area contributed by atoms with Gasteiger partial charge in [-0.05, 0) is 61.1 Å². The predicted octanol–water partition coefficient (Wildman–Crippen LogP) is 3.99. The Kier molecular flexibility index (Phi) is 4.29. The zero-order valence-electron chi connectivity index (χ0n) is 15.5. The number of fused-ring (bicyclic) bond motifs is 3. The quantitative estimate of drug-likeness (QED) is 0.717. The average molecular weight is 359 g/mol. The van der Waals surface area contributed by atoms with Gasteiger partial charge in [0.15, 0.2) is 0 Å². The van der Waals surface area contributed by atoms with Crippen molar-refractivity contribution in [3.05, 3.63) is 54.2 Å². The number of nitrogens with zero attached hydrogens (tertiary/aromatic N) is 2. The molecule has 4 nitrogen and oxygen atoms in total. The van der Waals surface area contributed by atoms with E-state index in [1.165, 1.54) is 12.8 Å². The highest BCUT2D eigenvalue weighted by Gasteiger charge is 2.27. The summed E-state index contributed by atoms with van der Waals surface area (Å²) in [6.45, 7) is 2.79. The van der Waals surface area contributed by atoms with Crippen molar-refractivity contribution in [2.24, 2.45) is 5.92 Å². The first-order chi connectivity index (χ1) is 13.3. The molecule has 4 heteroatoms. The average Bonchev–Trinajstić information content (AvgIpc) is 3.56. The summed E-state index contributed by atoms with van der Waals surface area (Å²) in [6.07, 6.45) is 6.62. The van der Waals surface area contributed by atoms with E-state index in [1.807, 2.05) is 29.2 Å². The minimum absolute atomic E-state index is 0.116. The summed E-state index contributed by atoms with van der Waals surface area (Å²) in [4.78, 5) is 19.9.